The number of ketones is 1. The SMILES string of the molecule is Cc1ccc2c(c1)C(=O)[C@]1(O)CCN(c3ccc4ccn(I)c4c3)C1=N2. The van der Waals surface area contributed by atoms with E-state index in [1.807, 2.05) is 45.1 Å². The summed E-state index contributed by atoms with van der Waals surface area (Å²) in [5.41, 5.74) is 2.62. The smallest absolute Gasteiger partial charge is 0.204 e. The molecule has 0 saturated carbocycles. The first-order valence-electron chi connectivity index (χ1n) is 8.49. The summed E-state index contributed by atoms with van der Waals surface area (Å²) in [6.07, 6.45) is 2.36. The topological polar surface area (TPSA) is 57.8 Å². The average molecular weight is 457 g/mol. The van der Waals surface area contributed by atoms with Crippen LogP contribution in [-0.2, 0) is 0 Å². The summed E-state index contributed by atoms with van der Waals surface area (Å²) < 4.78 is 2.03. The number of anilines is 1. The lowest BCUT2D eigenvalue weighted by Crippen LogP contribution is -2.48. The minimum Gasteiger partial charge on any atom is -0.374 e. The van der Waals surface area contributed by atoms with Gasteiger partial charge in [0.25, 0.3) is 0 Å². The van der Waals surface area contributed by atoms with Crippen molar-refractivity contribution in [2.45, 2.75) is 18.9 Å². The molecule has 2 aliphatic heterocycles. The van der Waals surface area contributed by atoms with E-state index in [4.69, 9.17) is 0 Å². The zero-order valence-electron chi connectivity index (χ0n) is 14.1. The van der Waals surface area contributed by atoms with E-state index < -0.39 is 5.60 Å². The molecule has 0 amide bonds. The Morgan fingerprint density at radius 1 is 1.19 bits per heavy atom. The summed E-state index contributed by atoms with van der Waals surface area (Å²) in [5, 5.41) is 12.3. The van der Waals surface area contributed by atoms with Gasteiger partial charge in [-0.05, 0) is 37.3 Å². The van der Waals surface area contributed by atoms with Crippen LogP contribution in [0.2, 0.25) is 0 Å². The zero-order chi connectivity index (χ0) is 18.1. The summed E-state index contributed by atoms with van der Waals surface area (Å²) in [5.74, 6) is 0.187. The normalized spacial score (nSPS) is 21.7. The van der Waals surface area contributed by atoms with Crippen LogP contribution < -0.4 is 4.90 Å². The van der Waals surface area contributed by atoms with Gasteiger partial charge in [-0.1, -0.05) is 17.7 Å². The van der Waals surface area contributed by atoms with Crippen molar-refractivity contribution in [3.8, 4) is 0 Å². The van der Waals surface area contributed by atoms with Gasteiger partial charge < -0.3 is 10.0 Å². The first-order valence-corrected chi connectivity index (χ1v) is 9.46. The Hall–Kier alpha value is -2.19. The number of fused-ring (bicyclic) bond motifs is 3. The van der Waals surface area contributed by atoms with Crippen molar-refractivity contribution >= 4 is 56.8 Å². The number of carbonyl (C=O) groups excluding carboxylic acids is 1. The largest absolute Gasteiger partial charge is 0.374 e. The third kappa shape index (κ3) is 2.12. The van der Waals surface area contributed by atoms with Crippen molar-refractivity contribution in [3.63, 3.8) is 0 Å². The number of aromatic nitrogens is 1. The molecule has 6 heteroatoms. The molecule has 0 radical (unpaired) electrons. The van der Waals surface area contributed by atoms with Crippen LogP contribution in [0.5, 0.6) is 0 Å². The van der Waals surface area contributed by atoms with Crippen molar-refractivity contribution in [2.24, 2.45) is 4.99 Å². The maximum absolute atomic E-state index is 13.0. The highest BCUT2D eigenvalue weighted by Crippen LogP contribution is 2.40. The molecule has 0 aliphatic carbocycles. The maximum Gasteiger partial charge on any atom is 0.204 e. The summed E-state index contributed by atoms with van der Waals surface area (Å²) in [7, 11) is 0. The summed E-state index contributed by atoms with van der Waals surface area (Å²) >= 11 is 2.24. The Bertz CT molecular complexity index is 1120. The Morgan fingerprint density at radius 2 is 2.04 bits per heavy atom. The molecule has 2 aliphatic rings. The molecule has 1 N–H and O–H groups in total. The van der Waals surface area contributed by atoms with Gasteiger partial charge in [-0.25, -0.2) is 4.99 Å². The third-order valence-electron chi connectivity index (χ3n) is 5.26. The number of aliphatic hydroxyl groups is 1. The van der Waals surface area contributed by atoms with E-state index in [0.29, 0.717) is 30.1 Å². The molecule has 130 valence electrons. The van der Waals surface area contributed by atoms with Crippen LogP contribution in [0.3, 0.4) is 0 Å². The van der Waals surface area contributed by atoms with E-state index >= 15 is 0 Å². The highest BCUT2D eigenvalue weighted by atomic mass is 127. The van der Waals surface area contributed by atoms with Crippen molar-refractivity contribution in [2.75, 3.05) is 11.4 Å². The summed E-state index contributed by atoms with van der Waals surface area (Å²) in [4.78, 5) is 19.7. The van der Waals surface area contributed by atoms with E-state index in [0.717, 1.165) is 22.2 Å². The first-order chi connectivity index (χ1) is 12.5. The van der Waals surface area contributed by atoms with Crippen LogP contribution in [-0.4, -0.2) is 31.7 Å². The number of nitrogens with zero attached hydrogens (tertiary/aromatic N) is 3. The van der Waals surface area contributed by atoms with Crippen LogP contribution in [0.4, 0.5) is 11.4 Å². The number of halogens is 1. The molecule has 0 unspecified atom stereocenters. The second-order valence-corrected chi connectivity index (χ2v) is 7.96. The van der Waals surface area contributed by atoms with Gasteiger partial charge in [0.2, 0.25) is 5.78 Å². The predicted octanol–water partition coefficient (Wildman–Crippen LogP) is 4.02. The molecule has 3 aromatic rings. The molecule has 1 saturated heterocycles. The van der Waals surface area contributed by atoms with E-state index in [1.165, 1.54) is 0 Å². The molecule has 26 heavy (non-hydrogen) atoms. The highest BCUT2D eigenvalue weighted by molar-refractivity contribution is 14.1. The second kappa shape index (κ2) is 5.40. The number of benzene rings is 2. The summed E-state index contributed by atoms with van der Waals surface area (Å²) in [6.45, 7) is 2.49. The number of aryl methyl sites for hydroxylation is 1. The fourth-order valence-electron chi connectivity index (χ4n) is 3.85. The number of aliphatic imine (C=N–C) groups is 1. The summed E-state index contributed by atoms with van der Waals surface area (Å²) in [6, 6.07) is 13.8. The Balaban J connectivity index is 1.67. The van der Waals surface area contributed by atoms with Crippen LogP contribution in [0.15, 0.2) is 53.7 Å². The van der Waals surface area contributed by atoms with Crippen molar-refractivity contribution in [1.82, 2.24) is 2.78 Å². The van der Waals surface area contributed by atoms with Gasteiger partial charge >= 0.3 is 0 Å². The van der Waals surface area contributed by atoms with Crippen molar-refractivity contribution in [3.05, 3.63) is 59.8 Å². The molecule has 1 atom stereocenters. The number of amidine groups is 1. The Labute approximate surface area is 164 Å². The fourth-order valence-corrected chi connectivity index (χ4v) is 4.43. The zero-order valence-corrected chi connectivity index (χ0v) is 16.3. The molecule has 1 fully saturated rings. The van der Waals surface area contributed by atoms with Crippen LogP contribution in [0.25, 0.3) is 10.9 Å². The van der Waals surface area contributed by atoms with Crippen LogP contribution >= 0.6 is 22.9 Å². The lowest BCUT2D eigenvalue weighted by Gasteiger charge is -2.29. The number of Topliss-reactive ketones (excluding diaryl/α,β-unsaturated/α-hetero) is 1. The quantitative estimate of drug-likeness (QED) is 0.562. The minimum atomic E-state index is -1.54. The number of carbonyl (C=O) groups is 1. The lowest BCUT2D eigenvalue weighted by molar-refractivity contribution is 0.0602. The average Bonchev–Trinajstić information content (AvgIpc) is 3.17. The first kappa shape index (κ1) is 16.0. The molecule has 3 heterocycles. The molecule has 2 aromatic carbocycles. The molecule has 5 nitrogen and oxygen atoms in total. The molecule has 1 aromatic heterocycles. The third-order valence-corrected chi connectivity index (χ3v) is 6.10. The molecule has 0 spiro atoms. The monoisotopic (exact) mass is 457 g/mol. The molecular weight excluding hydrogens is 441 g/mol. The lowest BCUT2D eigenvalue weighted by atomic mass is 9.87. The van der Waals surface area contributed by atoms with E-state index in [1.54, 1.807) is 0 Å². The minimum absolute atomic E-state index is 0.248. The van der Waals surface area contributed by atoms with Crippen LogP contribution in [0.1, 0.15) is 22.3 Å². The standard InChI is InChI=1S/C20H16IN3O2/c1-12-2-5-16-15(10-12)18(25)20(26)7-9-23(19(20)22-16)14-4-3-13-6-8-24(21)17(13)11-14/h2-6,8,10-11,26H,7,9H2,1H3/t20-/m1/s1. The van der Waals surface area contributed by atoms with Gasteiger partial charge in [-0.2, -0.15) is 0 Å². The number of rotatable bonds is 1. The van der Waals surface area contributed by atoms with Crippen molar-refractivity contribution in [1.29, 1.82) is 0 Å². The van der Waals surface area contributed by atoms with Crippen LogP contribution in [0, 0.1) is 6.92 Å². The van der Waals surface area contributed by atoms with Gasteiger partial charge in [0, 0.05) is 35.8 Å². The van der Waals surface area contributed by atoms with E-state index in [2.05, 4.69) is 46.1 Å². The van der Waals surface area contributed by atoms with Gasteiger partial charge in [0.1, 0.15) is 5.84 Å². The van der Waals surface area contributed by atoms with Gasteiger partial charge in [-0.3, -0.25) is 7.58 Å². The van der Waals surface area contributed by atoms with Gasteiger partial charge in [0.05, 0.1) is 34.1 Å². The predicted molar refractivity (Wildman–Crippen MR) is 111 cm³/mol. The Kier molecular flexibility index (Phi) is 3.33. The van der Waals surface area contributed by atoms with Gasteiger partial charge in [0.15, 0.2) is 5.60 Å². The highest BCUT2D eigenvalue weighted by Gasteiger charge is 2.52. The number of hydrogen-bond donors (Lipinski definition) is 1. The molecular formula is C20H16IN3O2. The van der Waals surface area contributed by atoms with E-state index in [-0.39, 0.29) is 5.78 Å². The Morgan fingerprint density at radius 3 is 2.88 bits per heavy atom. The second-order valence-electron chi connectivity index (χ2n) is 6.92. The maximum atomic E-state index is 13.0. The van der Waals surface area contributed by atoms with Crippen molar-refractivity contribution < 1.29 is 9.90 Å². The molecule has 0 bridgehead atoms. The van der Waals surface area contributed by atoms with E-state index in [9.17, 15) is 9.90 Å². The fraction of sp³-hybridized carbons (Fsp3) is 0.200. The number of hydrogen-bond acceptors (Lipinski definition) is 4. The molecule has 5 rings (SSSR count). The van der Waals surface area contributed by atoms with Gasteiger partial charge in [-0.15, -0.1) is 0 Å².